The minimum atomic E-state index is -0.608. The maximum atomic E-state index is 13.7. The molecule has 2 aliphatic rings. The number of nitrogens with zero attached hydrogens (tertiary/aromatic N) is 1. The van der Waals surface area contributed by atoms with E-state index in [4.69, 9.17) is 9.15 Å². The van der Waals surface area contributed by atoms with Gasteiger partial charge in [-0.3, -0.25) is 14.5 Å². The van der Waals surface area contributed by atoms with E-state index in [0.717, 1.165) is 28.4 Å². The molecule has 6 heteroatoms. The van der Waals surface area contributed by atoms with Gasteiger partial charge in [-0.15, -0.1) is 0 Å². The number of fused-ring (bicyclic) bond motifs is 1. The first-order chi connectivity index (χ1) is 16.1. The van der Waals surface area contributed by atoms with Crippen LogP contribution in [0.15, 0.2) is 82.6 Å². The van der Waals surface area contributed by atoms with E-state index in [0.29, 0.717) is 30.6 Å². The van der Waals surface area contributed by atoms with E-state index in [9.17, 15) is 9.59 Å². The van der Waals surface area contributed by atoms with Crippen LogP contribution in [0.3, 0.4) is 0 Å². The van der Waals surface area contributed by atoms with Crippen LogP contribution in [0, 0.1) is 0 Å². The number of benzene rings is 2. The molecule has 2 heterocycles. The summed E-state index contributed by atoms with van der Waals surface area (Å²) in [7, 11) is 1.64. The van der Waals surface area contributed by atoms with Gasteiger partial charge in [0.15, 0.2) is 5.78 Å². The monoisotopic (exact) mass is 442 g/mol. The summed E-state index contributed by atoms with van der Waals surface area (Å²) in [5.74, 6) is 1.36. The Morgan fingerprint density at radius 1 is 1.09 bits per heavy atom. The molecule has 0 bridgehead atoms. The summed E-state index contributed by atoms with van der Waals surface area (Å²) >= 11 is 0. The molecule has 2 atom stereocenters. The molecule has 1 aliphatic carbocycles. The molecule has 5 rings (SSSR count). The van der Waals surface area contributed by atoms with Gasteiger partial charge in [0, 0.05) is 24.1 Å². The molecule has 0 saturated carbocycles. The number of ether oxygens (including phenoxy) is 1. The fourth-order valence-electron chi connectivity index (χ4n) is 4.86. The van der Waals surface area contributed by atoms with Crippen molar-refractivity contribution < 1.29 is 18.7 Å². The van der Waals surface area contributed by atoms with Crippen molar-refractivity contribution in [2.45, 2.75) is 38.1 Å². The van der Waals surface area contributed by atoms with Crippen LogP contribution in [0.2, 0.25) is 0 Å². The van der Waals surface area contributed by atoms with Crippen molar-refractivity contribution in [3.8, 4) is 5.75 Å². The molecule has 0 saturated heterocycles. The molecular formula is C27H26N2O4. The number of carbonyl (C=O) groups excluding carboxylic acids is 2. The highest BCUT2D eigenvalue weighted by Crippen LogP contribution is 2.47. The van der Waals surface area contributed by atoms with E-state index in [1.54, 1.807) is 24.3 Å². The molecule has 2 unspecified atom stereocenters. The zero-order valence-corrected chi connectivity index (χ0v) is 18.7. The van der Waals surface area contributed by atoms with E-state index in [1.807, 2.05) is 61.5 Å². The second-order valence-electron chi connectivity index (χ2n) is 8.37. The Morgan fingerprint density at radius 2 is 1.88 bits per heavy atom. The molecule has 1 N–H and O–H groups in total. The van der Waals surface area contributed by atoms with Crippen molar-refractivity contribution in [2.75, 3.05) is 17.3 Å². The fraction of sp³-hybridized carbons (Fsp3) is 0.259. The Bertz CT molecular complexity index is 1210. The van der Waals surface area contributed by atoms with Gasteiger partial charge in [-0.1, -0.05) is 31.2 Å². The number of anilines is 2. The maximum absolute atomic E-state index is 13.7. The lowest BCUT2D eigenvalue weighted by atomic mass is 9.79. The first kappa shape index (κ1) is 21.1. The number of methoxy groups -OCH3 is 1. The van der Waals surface area contributed by atoms with Crippen molar-refractivity contribution >= 4 is 23.1 Å². The molecule has 168 valence electrons. The van der Waals surface area contributed by atoms with Crippen LogP contribution in [0.25, 0.3) is 0 Å². The van der Waals surface area contributed by atoms with E-state index >= 15 is 0 Å². The van der Waals surface area contributed by atoms with E-state index in [2.05, 4.69) is 5.32 Å². The highest BCUT2D eigenvalue weighted by Gasteiger charge is 2.42. The molecule has 33 heavy (non-hydrogen) atoms. The Kier molecular flexibility index (Phi) is 5.50. The molecule has 3 aromatic rings. The van der Waals surface area contributed by atoms with Crippen molar-refractivity contribution in [2.24, 2.45) is 0 Å². The summed E-state index contributed by atoms with van der Waals surface area (Å²) in [6.07, 6.45) is 2.93. The Morgan fingerprint density at radius 3 is 2.58 bits per heavy atom. The minimum Gasteiger partial charge on any atom is -0.497 e. The van der Waals surface area contributed by atoms with Crippen LogP contribution in [0.5, 0.6) is 5.75 Å². The van der Waals surface area contributed by atoms with Gasteiger partial charge in [0.1, 0.15) is 17.6 Å². The van der Waals surface area contributed by atoms with Crippen LogP contribution in [0.4, 0.5) is 11.4 Å². The maximum Gasteiger partial charge on any atom is 0.227 e. The molecule has 1 aromatic heterocycles. The lowest BCUT2D eigenvalue weighted by Crippen LogP contribution is -2.38. The highest BCUT2D eigenvalue weighted by atomic mass is 16.5. The fourth-order valence-corrected chi connectivity index (χ4v) is 4.86. The third-order valence-corrected chi connectivity index (χ3v) is 6.46. The molecule has 0 spiro atoms. The number of furan rings is 1. The Hall–Kier alpha value is -3.80. The van der Waals surface area contributed by atoms with Crippen LogP contribution >= 0.6 is 0 Å². The van der Waals surface area contributed by atoms with Crippen LogP contribution in [0.1, 0.15) is 49.5 Å². The molecule has 0 fully saturated rings. The number of rotatable bonds is 4. The number of hydrogen-bond donors (Lipinski definition) is 1. The second kappa shape index (κ2) is 8.62. The van der Waals surface area contributed by atoms with Gasteiger partial charge in [0.25, 0.3) is 0 Å². The number of allylic oxidation sites excluding steroid dienone is 1. The van der Waals surface area contributed by atoms with Crippen molar-refractivity contribution in [1.82, 2.24) is 0 Å². The number of carbonyl (C=O) groups is 2. The highest BCUT2D eigenvalue weighted by molar-refractivity contribution is 6.06. The summed E-state index contributed by atoms with van der Waals surface area (Å²) in [5, 5.41) is 3.51. The first-order valence-corrected chi connectivity index (χ1v) is 11.2. The molecule has 6 nitrogen and oxygen atoms in total. The molecule has 1 aliphatic heterocycles. The zero-order chi connectivity index (χ0) is 22.9. The van der Waals surface area contributed by atoms with Crippen molar-refractivity contribution in [3.05, 3.63) is 89.5 Å². The van der Waals surface area contributed by atoms with Crippen LogP contribution < -0.4 is 15.0 Å². The number of amides is 1. The number of ketones is 1. The van der Waals surface area contributed by atoms with Gasteiger partial charge >= 0.3 is 0 Å². The first-order valence-electron chi connectivity index (χ1n) is 11.2. The Labute approximate surface area is 192 Å². The average Bonchev–Trinajstić information content (AvgIpc) is 3.33. The van der Waals surface area contributed by atoms with Gasteiger partial charge in [0.2, 0.25) is 5.91 Å². The summed E-state index contributed by atoms with van der Waals surface area (Å²) in [5.41, 5.74) is 4.09. The number of Topliss-reactive ketones (excluding diaryl/α,β-unsaturated/α-hetero) is 1. The predicted octanol–water partition coefficient (Wildman–Crippen LogP) is 5.60. The second-order valence-corrected chi connectivity index (χ2v) is 8.37. The molecular weight excluding hydrogens is 416 g/mol. The van der Waals surface area contributed by atoms with E-state index in [1.165, 1.54) is 0 Å². The van der Waals surface area contributed by atoms with Gasteiger partial charge < -0.3 is 14.5 Å². The van der Waals surface area contributed by atoms with Crippen molar-refractivity contribution in [3.63, 3.8) is 0 Å². The van der Waals surface area contributed by atoms with Gasteiger partial charge in [-0.25, -0.2) is 0 Å². The normalized spacial score (nSPS) is 19.9. The topological polar surface area (TPSA) is 71.8 Å². The SMILES string of the molecule is CCC(=O)N1c2ccccc2NC2=C(C(=O)CC(c3ccc(OC)cc3)C2)C1c1ccco1. The quantitative estimate of drug-likeness (QED) is 0.570. The minimum absolute atomic E-state index is 0.0210. The summed E-state index contributed by atoms with van der Waals surface area (Å²) in [4.78, 5) is 28.6. The number of nitrogens with one attached hydrogen (secondary N) is 1. The third kappa shape index (κ3) is 3.71. The van der Waals surface area contributed by atoms with Gasteiger partial charge in [-0.05, 0) is 54.3 Å². The van der Waals surface area contributed by atoms with Crippen LogP contribution in [-0.2, 0) is 9.59 Å². The molecule has 0 radical (unpaired) electrons. The standard InChI is InChI=1S/C27H26N2O4/c1-3-25(31)29-22-8-5-4-7-20(22)28-21-15-18(17-10-12-19(32-2)13-11-17)16-23(30)26(21)27(29)24-9-6-14-33-24/h4-14,18,27-28H,3,15-16H2,1-2H3. The Balaban J connectivity index is 1.65. The number of para-hydroxylation sites is 2. The zero-order valence-electron chi connectivity index (χ0n) is 18.7. The largest absolute Gasteiger partial charge is 0.497 e. The average molecular weight is 443 g/mol. The van der Waals surface area contributed by atoms with Crippen molar-refractivity contribution in [1.29, 1.82) is 0 Å². The lowest BCUT2D eigenvalue weighted by Gasteiger charge is -2.33. The van der Waals surface area contributed by atoms with Crippen LogP contribution in [-0.4, -0.2) is 18.8 Å². The number of hydrogen-bond acceptors (Lipinski definition) is 5. The van der Waals surface area contributed by atoms with E-state index in [-0.39, 0.29) is 17.6 Å². The summed E-state index contributed by atoms with van der Waals surface area (Å²) < 4.78 is 11.1. The third-order valence-electron chi connectivity index (χ3n) is 6.46. The molecule has 2 aromatic carbocycles. The van der Waals surface area contributed by atoms with Gasteiger partial charge in [-0.2, -0.15) is 0 Å². The lowest BCUT2D eigenvalue weighted by molar-refractivity contribution is -0.119. The predicted molar refractivity (Wildman–Crippen MR) is 126 cm³/mol. The van der Waals surface area contributed by atoms with Gasteiger partial charge in [0.05, 0.1) is 24.7 Å². The molecule has 1 amide bonds. The summed E-state index contributed by atoms with van der Waals surface area (Å²) in [6, 6.07) is 18.6. The smallest absolute Gasteiger partial charge is 0.227 e. The summed E-state index contributed by atoms with van der Waals surface area (Å²) in [6.45, 7) is 1.83. The van der Waals surface area contributed by atoms with E-state index < -0.39 is 6.04 Å².